The number of nitrogens with zero attached hydrogens (tertiary/aromatic N) is 1. The van der Waals surface area contributed by atoms with Gasteiger partial charge >= 0.3 is 35.2 Å². The molecule has 9 heteroatoms. The normalized spacial score (nSPS) is 11.7. The van der Waals surface area contributed by atoms with E-state index in [0.29, 0.717) is 28.9 Å². The van der Waals surface area contributed by atoms with Crippen molar-refractivity contribution < 1.29 is 54.1 Å². The van der Waals surface area contributed by atoms with E-state index in [4.69, 9.17) is 0 Å². The van der Waals surface area contributed by atoms with E-state index in [1.165, 1.54) is 24.3 Å². The molecule has 1 aromatic carbocycles. The monoisotopic (exact) mass is 412 g/mol. The average Bonchev–Trinajstić information content (AvgIpc) is 2.62. The first kappa shape index (κ1) is 25.2. The molecule has 0 bridgehead atoms. The Labute approximate surface area is 189 Å². The third kappa shape index (κ3) is 6.87. The fraction of sp³-hybridized carbons (Fsp3) is 0.350. The van der Waals surface area contributed by atoms with Gasteiger partial charge in [0.15, 0.2) is 0 Å². The largest absolute Gasteiger partial charge is 1.00 e. The van der Waals surface area contributed by atoms with E-state index in [2.05, 4.69) is 9.97 Å². The van der Waals surface area contributed by atoms with Gasteiger partial charge in [-0.3, -0.25) is 0 Å². The summed E-state index contributed by atoms with van der Waals surface area (Å²) < 4.78 is 13.2. The SMILES string of the molecule is CC(C)c1[nH]c(=O)nc(-c2ccc(F)cc2)c1/C=C/CCCC(O)(O)C(=O)[O-].[Na+]. The number of halogens is 1. The number of unbranched alkanes of at least 4 members (excludes halogenated alkanes) is 1. The minimum Gasteiger partial charge on any atom is -0.544 e. The van der Waals surface area contributed by atoms with E-state index < -0.39 is 23.3 Å². The average molecular weight is 412 g/mol. The maximum absolute atomic E-state index is 13.2. The number of rotatable bonds is 8. The second kappa shape index (κ2) is 10.8. The molecule has 0 fully saturated rings. The van der Waals surface area contributed by atoms with Gasteiger partial charge in [-0.15, -0.1) is 0 Å². The molecule has 0 aliphatic heterocycles. The van der Waals surface area contributed by atoms with Gasteiger partial charge < -0.3 is 25.1 Å². The standard InChI is InChI=1S/C20H23FN2O5.Na/c1-12(2)16-15(6-4-3-5-11-20(27,28)18(24)25)17(23-19(26)22-16)13-7-9-14(21)10-8-13;/h4,6-10,12,27-28H,3,5,11H2,1-2H3,(H,24,25)(H,22,23,26);/q;+1/p-1/b6-4+;. The summed E-state index contributed by atoms with van der Waals surface area (Å²) in [6.07, 6.45) is 3.62. The summed E-state index contributed by atoms with van der Waals surface area (Å²) in [6.45, 7) is 3.81. The Morgan fingerprint density at radius 1 is 1.31 bits per heavy atom. The molecule has 0 aliphatic carbocycles. The van der Waals surface area contributed by atoms with Gasteiger partial charge in [0.1, 0.15) is 11.8 Å². The molecule has 3 N–H and O–H groups in total. The summed E-state index contributed by atoms with van der Waals surface area (Å²) in [5, 5.41) is 29.1. The molecule has 0 unspecified atom stereocenters. The third-order valence-electron chi connectivity index (χ3n) is 4.20. The van der Waals surface area contributed by atoms with Crippen molar-refractivity contribution in [1.82, 2.24) is 9.97 Å². The molecule has 0 saturated heterocycles. The number of allylic oxidation sites excluding steroid dienone is 1. The van der Waals surface area contributed by atoms with Crippen LogP contribution in [0.2, 0.25) is 0 Å². The zero-order valence-electron chi connectivity index (χ0n) is 16.6. The summed E-state index contributed by atoms with van der Waals surface area (Å²) in [5.41, 5.74) is 1.77. The van der Waals surface area contributed by atoms with E-state index in [0.717, 1.165) is 0 Å². The van der Waals surface area contributed by atoms with Crippen LogP contribution in [-0.2, 0) is 4.79 Å². The minimum absolute atomic E-state index is 0. The number of aromatic nitrogens is 2. The number of carbonyl (C=O) groups excluding carboxylic acids is 1. The van der Waals surface area contributed by atoms with Gasteiger partial charge in [0, 0.05) is 23.2 Å². The van der Waals surface area contributed by atoms with Gasteiger partial charge in [-0.05, 0) is 43.0 Å². The molecule has 0 atom stereocenters. The van der Waals surface area contributed by atoms with Crippen LogP contribution >= 0.6 is 0 Å². The predicted molar refractivity (Wildman–Crippen MR) is 99.4 cm³/mol. The fourth-order valence-corrected chi connectivity index (χ4v) is 2.72. The number of carboxylic acid groups (broad SMARTS) is 1. The van der Waals surface area contributed by atoms with Gasteiger partial charge in [0.2, 0.25) is 5.79 Å². The number of aromatic amines is 1. The Kier molecular flexibility index (Phi) is 9.38. The maximum Gasteiger partial charge on any atom is 1.00 e. The van der Waals surface area contributed by atoms with Crippen molar-refractivity contribution in [2.24, 2.45) is 0 Å². The molecular weight excluding hydrogens is 390 g/mol. The van der Waals surface area contributed by atoms with Gasteiger partial charge in [-0.1, -0.05) is 26.0 Å². The fourth-order valence-electron chi connectivity index (χ4n) is 2.72. The van der Waals surface area contributed by atoms with Gasteiger partial charge in [-0.25, -0.2) is 9.18 Å². The van der Waals surface area contributed by atoms with Crippen molar-refractivity contribution in [3.05, 3.63) is 57.9 Å². The molecule has 0 amide bonds. The van der Waals surface area contributed by atoms with Crippen molar-refractivity contribution in [3.63, 3.8) is 0 Å². The van der Waals surface area contributed by atoms with Crippen LogP contribution in [0.15, 0.2) is 35.1 Å². The van der Waals surface area contributed by atoms with Crippen molar-refractivity contribution in [2.75, 3.05) is 0 Å². The predicted octanol–water partition coefficient (Wildman–Crippen LogP) is -1.68. The molecule has 7 nitrogen and oxygen atoms in total. The number of aliphatic hydroxyl groups is 2. The molecule has 0 radical (unpaired) electrons. The Morgan fingerprint density at radius 2 is 1.93 bits per heavy atom. The molecule has 1 heterocycles. The number of hydrogen-bond acceptors (Lipinski definition) is 6. The topological polar surface area (TPSA) is 126 Å². The van der Waals surface area contributed by atoms with E-state index in [9.17, 15) is 29.3 Å². The molecule has 0 aliphatic rings. The molecule has 2 aromatic rings. The zero-order chi connectivity index (χ0) is 20.9. The summed E-state index contributed by atoms with van der Waals surface area (Å²) in [5.74, 6) is -5.23. The van der Waals surface area contributed by atoms with Gasteiger partial charge in [0.05, 0.1) is 5.69 Å². The molecule has 2 rings (SSSR count). The van der Waals surface area contributed by atoms with Crippen molar-refractivity contribution in [3.8, 4) is 11.3 Å². The van der Waals surface area contributed by atoms with E-state index in [-0.39, 0.29) is 48.3 Å². The van der Waals surface area contributed by atoms with Gasteiger partial charge in [-0.2, -0.15) is 4.98 Å². The third-order valence-corrected chi connectivity index (χ3v) is 4.20. The number of benzene rings is 1. The van der Waals surface area contributed by atoms with Crippen LogP contribution in [0.4, 0.5) is 4.39 Å². The number of H-pyrrole nitrogens is 1. The van der Waals surface area contributed by atoms with Crippen molar-refractivity contribution in [1.29, 1.82) is 0 Å². The van der Waals surface area contributed by atoms with Crippen LogP contribution in [0.3, 0.4) is 0 Å². The molecule has 29 heavy (non-hydrogen) atoms. The van der Waals surface area contributed by atoms with Gasteiger partial charge in [0.25, 0.3) is 0 Å². The van der Waals surface area contributed by atoms with Crippen molar-refractivity contribution >= 4 is 12.0 Å². The zero-order valence-corrected chi connectivity index (χ0v) is 18.6. The van der Waals surface area contributed by atoms with Crippen LogP contribution in [0, 0.1) is 5.82 Å². The Morgan fingerprint density at radius 3 is 2.48 bits per heavy atom. The molecule has 1 aromatic heterocycles. The number of carbonyl (C=O) groups is 1. The molecule has 0 saturated carbocycles. The Bertz CT molecular complexity index is 923. The second-order valence-corrected chi connectivity index (χ2v) is 6.78. The molecule has 150 valence electrons. The summed E-state index contributed by atoms with van der Waals surface area (Å²) >= 11 is 0. The first-order valence-corrected chi connectivity index (χ1v) is 8.84. The number of carboxylic acids is 1. The second-order valence-electron chi connectivity index (χ2n) is 6.78. The number of aliphatic carboxylic acids is 1. The van der Waals surface area contributed by atoms with E-state index >= 15 is 0 Å². The smallest absolute Gasteiger partial charge is 0.544 e. The first-order chi connectivity index (χ1) is 13.1. The minimum atomic E-state index is -2.87. The van der Waals surface area contributed by atoms with Crippen LogP contribution in [0.5, 0.6) is 0 Å². The Balaban J connectivity index is 0.00000420. The quantitative estimate of drug-likeness (QED) is 0.270. The first-order valence-electron chi connectivity index (χ1n) is 8.84. The molecular formula is C20H22FN2NaO5. The number of hydrogen-bond donors (Lipinski definition) is 3. The van der Waals surface area contributed by atoms with E-state index in [1.807, 2.05) is 13.8 Å². The van der Waals surface area contributed by atoms with Crippen LogP contribution in [0.25, 0.3) is 17.3 Å². The van der Waals surface area contributed by atoms with E-state index in [1.54, 1.807) is 12.2 Å². The summed E-state index contributed by atoms with van der Waals surface area (Å²) in [7, 11) is 0. The number of nitrogens with one attached hydrogen (secondary N) is 1. The van der Waals surface area contributed by atoms with Crippen LogP contribution in [-0.4, -0.2) is 31.9 Å². The summed E-state index contributed by atoms with van der Waals surface area (Å²) in [6, 6.07) is 5.63. The summed E-state index contributed by atoms with van der Waals surface area (Å²) in [4.78, 5) is 29.3. The maximum atomic E-state index is 13.2. The van der Waals surface area contributed by atoms with Crippen LogP contribution < -0.4 is 40.4 Å². The molecule has 0 spiro atoms. The Hall–Kier alpha value is -1.84. The van der Waals surface area contributed by atoms with Crippen LogP contribution in [0.1, 0.15) is 50.3 Å². The van der Waals surface area contributed by atoms with Crippen molar-refractivity contribution in [2.45, 2.75) is 44.8 Å².